The van der Waals surface area contributed by atoms with E-state index >= 15 is 0 Å². The normalized spacial score (nSPS) is 12.2. The molecule has 124 valence electrons. The molecule has 0 spiro atoms. The number of nitrogens with one attached hydrogen (secondary N) is 1. The minimum Gasteiger partial charge on any atom is -0.384 e. The molecule has 0 aliphatic rings. The van der Waals surface area contributed by atoms with Crippen molar-refractivity contribution in [2.45, 2.75) is 12.7 Å². The molecule has 1 heterocycles. The van der Waals surface area contributed by atoms with Crippen molar-refractivity contribution >= 4 is 27.4 Å². The summed E-state index contributed by atoms with van der Waals surface area (Å²) in [5.74, 6) is 0.757. The molecule has 3 rings (SSSR count). The van der Waals surface area contributed by atoms with Gasteiger partial charge in [-0.25, -0.2) is 9.37 Å². The molecule has 1 atom stereocenters. The second-order valence-corrected chi connectivity index (χ2v) is 7.22. The first-order chi connectivity index (χ1) is 11.6. The highest BCUT2D eigenvalue weighted by molar-refractivity contribution is 7.84. The number of rotatable bonds is 6. The average molecular weight is 342 g/mol. The molecule has 1 unspecified atom stereocenters. The molecule has 24 heavy (non-hydrogen) atoms. The molecule has 5 heteroatoms. The summed E-state index contributed by atoms with van der Waals surface area (Å²) in [7, 11) is -0.940. The largest absolute Gasteiger partial charge is 0.384 e. The predicted octanol–water partition coefficient (Wildman–Crippen LogP) is 4.04. The lowest BCUT2D eigenvalue weighted by Crippen LogP contribution is -2.12. The first kappa shape index (κ1) is 16.6. The molecule has 1 N–H and O–H groups in total. The summed E-state index contributed by atoms with van der Waals surface area (Å²) in [6.45, 7) is 2.40. The molecule has 0 saturated heterocycles. The van der Waals surface area contributed by atoms with Gasteiger partial charge in [-0.05, 0) is 24.6 Å². The van der Waals surface area contributed by atoms with Crippen molar-refractivity contribution in [2.75, 3.05) is 17.6 Å². The molecule has 1 aromatic heterocycles. The van der Waals surface area contributed by atoms with Crippen molar-refractivity contribution < 1.29 is 8.60 Å². The van der Waals surface area contributed by atoms with Crippen molar-refractivity contribution in [2.24, 2.45) is 0 Å². The Kier molecular flexibility index (Phi) is 5.20. The number of aromatic nitrogens is 1. The molecule has 3 nitrogen and oxygen atoms in total. The van der Waals surface area contributed by atoms with E-state index in [-0.39, 0.29) is 5.82 Å². The number of benzene rings is 2. The molecule has 0 aliphatic heterocycles. The number of pyridine rings is 1. The summed E-state index contributed by atoms with van der Waals surface area (Å²) >= 11 is 0. The maximum absolute atomic E-state index is 13.9. The zero-order valence-electron chi connectivity index (χ0n) is 13.5. The fraction of sp³-hybridized carbons (Fsp3) is 0.211. The summed E-state index contributed by atoms with van der Waals surface area (Å²) in [5.41, 5.74) is 3.02. The summed E-state index contributed by atoms with van der Waals surface area (Å²) in [5, 5.41) is 4.02. The van der Waals surface area contributed by atoms with Gasteiger partial charge in [0.1, 0.15) is 11.3 Å². The molecule has 0 bridgehead atoms. The molecule has 0 amide bonds. The Morgan fingerprint density at radius 1 is 1.12 bits per heavy atom. The summed E-state index contributed by atoms with van der Waals surface area (Å²) in [6.07, 6.45) is 0. The molecule has 0 saturated carbocycles. The molecule has 0 fully saturated rings. The van der Waals surface area contributed by atoms with Crippen LogP contribution in [0.25, 0.3) is 10.9 Å². The standard InChI is InChI=1S/C19H19FN2OS/c1-14-12-18(16-8-5-9-17(20)19(16)22-14)21-10-11-24(23)13-15-6-3-2-4-7-15/h2-9,12H,10-11,13H2,1H3,(H,21,22). The highest BCUT2D eigenvalue weighted by atomic mass is 32.2. The smallest absolute Gasteiger partial charge is 0.149 e. The van der Waals surface area contributed by atoms with Crippen molar-refractivity contribution in [3.8, 4) is 0 Å². The number of anilines is 1. The molecular weight excluding hydrogens is 323 g/mol. The molecule has 0 aliphatic carbocycles. The van der Waals surface area contributed by atoms with Gasteiger partial charge in [-0.15, -0.1) is 0 Å². The number of nitrogens with zero attached hydrogens (tertiary/aromatic N) is 1. The lowest BCUT2D eigenvalue weighted by atomic mass is 10.1. The van der Waals surface area contributed by atoms with E-state index in [1.54, 1.807) is 6.07 Å². The van der Waals surface area contributed by atoms with Crippen LogP contribution in [-0.2, 0) is 16.6 Å². The Balaban J connectivity index is 1.66. The van der Waals surface area contributed by atoms with Crippen molar-refractivity contribution in [3.05, 3.63) is 71.7 Å². The van der Waals surface area contributed by atoms with Gasteiger partial charge in [0.25, 0.3) is 0 Å². The molecular formula is C19H19FN2OS. The zero-order chi connectivity index (χ0) is 16.9. The quantitative estimate of drug-likeness (QED) is 0.735. The van der Waals surface area contributed by atoms with E-state index in [2.05, 4.69) is 10.3 Å². The summed E-state index contributed by atoms with van der Waals surface area (Å²) < 4.78 is 26.1. The Morgan fingerprint density at radius 3 is 2.71 bits per heavy atom. The topological polar surface area (TPSA) is 42.0 Å². The van der Waals surface area contributed by atoms with Crippen LogP contribution in [0.3, 0.4) is 0 Å². The van der Waals surface area contributed by atoms with Crippen LogP contribution in [0.2, 0.25) is 0 Å². The molecule has 0 radical (unpaired) electrons. The lowest BCUT2D eigenvalue weighted by Gasteiger charge is -2.11. The third-order valence-electron chi connectivity index (χ3n) is 3.73. The van der Waals surface area contributed by atoms with E-state index in [1.165, 1.54) is 6.07 Å². The van der Waals surface area contributed by atoms with Gasteiger partial charge in [-0.2, -0.15) is 0 Å². The van der Waals surface area contributed by atoms with Crippen LogP contribution in [-0.4, -0.2) is 21.5 Å². The second kappa shape index (κ2) is 7.53. The summed E-state index contributed by atoms with van der Waals surface area (Å²) in [4.78, 5) is 4.26. The van der Waals surface area contributed by atoms with E-state index in [4.69, 9.17) is 0 Å². The van der Waals surface area contributed by atoms with Gasteiger partial charge in [0.05, 0.1) is 0 Å². The third kappa shape index (κ3) is 3.97. The van der Waals surface area contributed by atoms with Gasteiger partial charge < -0.3 is 5.32 Å². The maximum Gasteiger partial charge on any atom is 0.149 e. The fourth-order valence-corrected chi connectivity index (χ4v) is 3.66. The monoisotopic (exact) mass is 342 g/mol. The van der Waals surface area contributed by atoms with E-state index in [1.807, 2.05) is 49.4 Å². The fourth-order valence-electron chi connectivity index (χ4n) is 2.62. The van der Waals surface area contributed by atoms with Gasteiger partial charge in [0.15, 0.2) is 0 Å². The number of fused-ring (bicyclic) bond motifs is 1. The number of para-hydroxylation sites is 1. The summed E-state index contributed by atoms with van der Waals surface area (Å²) in [6, 6.07) is 16.6. The first-order valence-corrected chi connectivity index (χ1v) is 9.31. The zero-order valence-corrected chi connectivity index (χ0v) is 14.3. The minimum atomic E-state index is -0.940. The van der Waals surface area contributed by atoms with Gasteiger partial charge in [-0.1, -0.05) is 42.5 Å². The molecule has 3 aromatic rings. The first-order valence-electron chi connectivity index (χ1n) is 7.82. The van der Waals surface area contributed by atoms with Gasteiger partial charge >= 0.3 is 0 Å². The van der Waals surface area contributed by atoms with Crippen LogP contribution in [0.4, 0.5) is 10.1 Å². The van der Waals surface area contributed by atoms with Crippen LogP contribution >= 0.6 is 0 Å². The van der Waals surface area contributed by atoms with Crippen LogP contribution in [0.15, 0.2) is 54.6 Å². The maximum atomic E-state index is 13.9. The number of halogens is 1. The lowest BCUT2D eigenvalue weighted by molar-refractivity contribution is 0.636. The second-order valence-electron chi connectivity index (χ2n) is 5.65. The Bertz CT molecular complexity index is 868. The van der Waals surface area contributed by atoms with E-state index in [0.717, 1.165) is 22.3 Å². The van der Waals surface area contributed by atoms with Crippen LogP contribution < -0.4 is 5.32 Å². The van der Waals surface area contributed by atoms with Crippen molar-refractivity contribution in [3.63, 3.8) is 0 Å². The van der Waals surface area contributed by atoms with E-state index in [0.29, 0.717) is 23.6 Å². The van der Waals surface area contributed by atoms with Crippen LogP contribution in [0, 0.1) is 12.7 Å². The average Bonchev–Trinajstić information content (AvgIpc) is 2.56. The Hall–Kier alpha value is -2.27. The Morgan fingerprint density at radius 2 is 1.92 bits per heavy atom. The van der Waals surface area contributed by atoms with Gasteiger partial charge in [0.2, 0.25) is 0 Å². The minimum absolute atomic E-state index is 0.327. The third-order valence-corrected chi connectivity index (χ3v) is 5.05. The van der Waals surface area contributed by atoms with Gasteiger partial charge in [-0.3, -0.25) is 4.21 Å². The number of aryl methyl sites for hydroxylation is 1. The molecule has 2 aromatic carbocycles. The van der Waals surface area contributed by atoms with E-state index in [9.17, 15) is 8.60 Å². The van der Waals surface area contributed by atoms with Gasteiger partial charge in [0, 0.05) is 45.6 Å². The van der Waals surface area contributed by atoms with E-state index < -0.39 is 10.8 Å². The highest BCUT2D eigenvalue weighted by Gasteiger charge is 2.08. The highest BCUT2D eigenvalue weighted by Crippen LogP contribution is 2.24. The van der Waals surface area contributed by atoms with Crippen molar-refractivity contribution in [1.82, 2.24) is 4.98 Å². The van der Waals surface area contributed by atoms with Crippen LogP contribution in [0.5, 0.6) is 0 Å². The number of hydrogen-bond acceptors (Lipinski definition) is 3. The number of hydrogen-bond donors (Lipinski definition) is 1. The van der Waals surface area contributed by atoms with Crippen LogP contribution in [0.1, 0.15) is 11.3 Å². The predicted molar refractivity (Wildman–Crippen MR) is 98.1 cm³/mol. The van der Waals surface area contributed by atoms with Crippen molar-refractivity contribution in [1.29, 1.82) is 0 Å². The SMILES string of the molecule is Cc1cc(NCCS(=O)Cc2ccccc2)c2cccc(F)c2n1. The Labute approximate surface area is 143 Å².